The van der Waals surface area contributed by atoms with Crippen LogP contribution in [0.1, 0.15) is 19.3 Å². The van der Waals surface area contributed by atoms with Gasteiger partial charge in [0.05, 0.1) is 12.8 Å². The van der Waals surface area contributed by atoms with Gasteiger partial charge in [0.15, 0.2) is 5.17 Å². The van der Waals surface area contributed by atoms with Crippen LogP contribution in [0.3, 0.4) is 0 Å². The van der Waals surface area contributed by atoms with E-state index < -0.39 is 10.0 Å². The van der Waals surface area contributed by atoms with Crippen LogP contribution in [0.15, 0.2) is 4.99 Å². The Morgan fingerprint density at radius 1 is 1.41 bits per heavy atom. The van der Waals surface area contributed by atoms with Crippen molar-refractivity contribution in [1.29, 1.82) is 0 Å². The first kappa shape index (κ1) is 13.2. The highest BCUT2D eigenvalue weighted by Gasteiger charge is 2.35. The molecule has 1 fully saturated rings. The summed E-state index contributed by atoms with van der Waals surface area (Å²) in [6.45, 7) is 2.20. The first-order chi connectivity index (χ1) is 8.04. The normalized spacial score (nSPS) is 24.8. The molecule has 0 aromatic rings. The predicted octanol–water partition coefficient (Wildman–Crippen LogP) is 0.397. The van der Waals surface area contributed by atoms with E-state index in [2.05, 4.69) is 15.0 Å². The summed E-state index contributed by atoms with van der Waals surface area (Å²) in [4.78, 5) is 4.45. The standard InChI is InChI=1S/C10H19N3O2S2/c1-17(14,15)13-6-2-5-11-10-12-7-9(16-10)8-3-4-8/h8-9,13H,2-7H2,1H3,(H,11,12). The van der Waals surface area contributed by atoms with Gasteiger partial charge >= 0.3 is 0 Å². The van der Waals surface area contributed by atoms with Crippen LogP contribution in [0.4, 0.5) is 0 Å². The molecule has 5 nitrogen and oxygen atoms in total. The molecule has 0 amide bonds. The third kappa shape index (κ3) is 4.85. The minimum absolute atomic E-state index is 0.482. The van der Waals surface area contributed by atoms with Gasteiger partial charge in [0.25, 0.3) is 0 Å². The largest absolute Gasteiger partial charge is 0.365 e. The highest BCUT2D eigenvalue weighted by atomic mass is 32.2. The maximum Gasteiger partial charge on any atom is 0.208 e. The average Bonchev–Trinajstić information content (AvgIpc) is 2.97. The molecule has 1 aliphatic carbocycles. The Balaban J connectivity index is 1.54. The molecule has 2 N–H and O–H groups in total. The van der Waals surface area contributed by atoms with Crippen molar-refractivity contribution in [1.82, 2.24) is 10.0 Å². The van der Waals surface area contributed by atoms with Crippen LogP contribution in [-0.2, 0) is 10.0 Å². The van der Waals surface area contributed by atoms with E-state index in [1.54, 1.807) is 0 Å². The van der Waals surface area contributed by atoms with Crippen LogP contribution in [0.2, 0.25) is 0 Å². The lowest BCUT2D eigenvalue weighted by Gasteiger charge is -2.07. The number of aliphatic imine (C=N–C) groups is 1. The van der Waals surface area contributed by atoms with Crippen LogP contribution in [-0.4, -0.2) is 44.7 Å². The third-order valence-electron chi connectivity index (χ3n) is 2.82. The monoisotopic (exact) mass is 277 g/mol. The fourth-order valence-electron chi connectivity index (χ4n) is 1.74. The maximum absolute atomic E-state index is 10.8. The van der Waals surface area contributed by atoms with Crippen molar-refractivity contribution in [3.8, 4) is 0 Å². The Hall–Kier alpha value is -0.270. The van der Waals surface area contributed by atoms with Crippen molar-refractivity contribution < 1.29 is 8.42 Å². The topological polar surface area (TPSA) is 70.6 Å². The minimum Gasteiger partial charge on any atom is -0.365 e. The van der Waals surface area contributed by atoms with Crippen molar-refractivity contribution in [2.24, 2.45) is 10.9 Å². The molecule has 2 aliphatic rings. The highest BCUT2D eigenvalue weighted by molar-refractivity contribution is 8.14. The number of nitrogens with zero attached hydrogens (tertiary/aromatic N) is 1. The maximum atomic E-state index is 10.8. The SMILES string of the molecule is CS(=O)(=O)NCCCNC1=NCC(C2CC2)S1. The Labute approximate surface area is 107 Å². The van der Waals surface area contributed by atoms with E-state index in [0.717, 1.165) is 30.6 Å². The van der Waals surface area contributed by atoms with Gasteiger partial charge in [-0.05, 0) is 25.2 Å². The van der Waals surface area contributed by atoms with E-state index in [1.807, 2.05) is 11.8 Å². The van der Waals surface area contributed by atoms with Gasteiger partial charge in [-0.25, -0.2) is 13.1 Å². The molecule has 0 aromatic heterocycles. The number of rotatable bonds is 6. The van der Waals surface area contributed by atoms with Crippen LogP contribution in [0.5, 0.6) is 0 Å². The summed E-state index contributed by atoms with van der Waals surface area (Å²) in [5.41, 5.74) is 0. The van der Waals surface area contributed by atoms with Gasteiger partial charge in [0.2, 0.25) is 10.0 Å². The van der Waals surface area contributed by atoms with E-state index in [4.69, 9.17) is 0 Å². The second-order valence-electron chi connectivity index (χ2n) is 4.59. The fraction of sp³-hybridized carbons (Fsp3) is 0.900. The second kappa shape index (κ2) is 5.58. The van der Waals surface area contributed by atoms with E-state index in [0.29, 0.717) is 11.8 Å². The van der Waals surface area contributed by atoms with Crippen molar-refractivity contribution in [2.75, 3.05) is 25.9 Å². The fourth-order valence-corrected chi connectivity index (χ4v) is 3.49. The zero-order valence-electron chi connectivity index (χ0n) is 9.98. The van der Waals surface area contributed by atoms with E-state index >= 15 is 0 Å². The van der Waals surface area contributed by atoms with Crippen LogP contribution in [0.25, 0.3) is 0 Å². The lowest BCUT2D eigenvalue weighted by Crippen LogP contribution is -2.27. The molecule has 0 radical (unpaired) electrons. The van der Waals surface area contributed by atoms with Crippen LogP contribution in [0, 0.1) is 5.92 Å². The molecule has 1 heterocycles. The Bertz CT molecular complexity index is 390. The van der Waals surface area contributed by atoms with Gasteiger partial charge < -0.3 is 5.32 Å². The smallest absolute Gasteiger partial charge is 0.208 e. The Morgan fingerprint density at radius 2 is 2.18 bits per heavy atom. The Morgan fingerprint density at radius 3 is 2.82 bits per heavy atom. The lowest BCUT2D eigenvalue weighted by atomic mass is 10.3. The van der Waals surface area contributed by atoms with Crippen molar-refractivity contribution in [3.63, 3.8) is 0 Å². The molecule has 7 heteroatoms. The van der Waals surface area contributed by atoms with E-state index in [-0.39, 0.29) is 0 Å². The zero-order chi connectivity index (χ0) is 12.3. The summed E-state index contributed by atoms with van der Waals surface area (Å²) < 4.78 is 24.1. The molecule has 1 aliphatic heterocycles. The predicted molar refractivity (Wildman–Crippen MR) is 71.9 cm³/mol. The first-order valence-electron chi connectivity index (χ1n) is 5.94. The van der Waals surface area contributed by atoms with Gasteiger partial charge in [-0.3, -0.25) is 4.99 Å². The van der Waals surface area contributed by atoms with Crippen molar-refractivity contribution in [2.45, 2.75) is 24.5 Å². The summed E-state index contributed by atoms with van der Waals surface area (Å²) in [5, 5.41) is 4.97. The summed E-state index contributed by atoms with van der Waals surface area (Å²) in [5.74, 6) is 0.884. The molecule has 17 heavy (non-hydrogen) atoms. The van der Waals surface area contributed by atoms with E-state index in [1.165, 1.54) is 19.1 Å². The number of nitrogens with one attached hydrogen (secondary N) is 2. The number of hydrogen-bond donors (Lipinski definition) is 2. The molecular formula is C10H19N3O2S2. The molecule has 1 atom stereocenters. The van der Waals surface area contributed by atoms with Crippen LogP contribution >= 0.6 is 11.8 Å². The minimum atomic E-state index is -3.05. The van der Waals surface area contributed by atoms with Gasteiger partial charge in [-0.2, -0.15) is 0 Å². The summed E-state index contributed by atoms with van der Waals surface area (Å²) in [6.07, 6.45) is 4.68. The first-order valence-corrected chi connectivity index (χ1v) is 8.71. The Kier molecular flexibility index (Phi) is 4.32. The molecule has 0 bridgehead atoms. The molecule has 1 saturated carbocycles. The second-order valence-corrected chi connectivity index (χ2v) is 7.65. The van der Waals surface area contributed by atoms with Gasteiger partial charge in [-0.15, -0.1) is 0 Å². The third-order valence-corrected chi connectivity index (χ3v) is 4.88. The molecule has 0 spiro atoms. The lowest BCUT2D eigenvalue weighted by molar-refractivity contribution is 0.585. The van der Waals surface area contributed by atoms with Crippen molar-refractivity contribution >= 4 is 27.0 Å². The zero-order valence-corrected chi connectivity index (χ0v) is 11.6. The van der Waals surface area contributed by atoms with E-state index in [9.17, 15) is 8.42 Å². The van der Waals surface area contributed by atoms with Gasteiger partial charge in [-0.1, -0.05) is 11.8 Å². The van der Waals surface area contributed by atoms with Crippen LogP contribution < -0.4 is 10.0 Å². The summed E-state index contributed by atoms with van der Waals surface area (Å²) in [7, 11) is -3.05. The number of thioether (sulfide) groups is 1. The molecule has 0 aromatic carbocycles. The summed E-state index contributed by atoms with van der Waals surface area (Å²) in [6, 6.07) is 0. The number of sulfonamides is 1. The molecule has 0 saturated heterocycles. The quantitative estimate of drug-likeness (QED) is 0.689. The van der Waals surface area contributed by atoms with Gasteiger partial charge in [0, 0.05) is 18.3 Å². The van der Waals surface area contributed by atoms with Gasteiger partial charge in [0.1, 0.15) is 0 Å². The highest BCUT2D eigenvalue weighted by Crippen LogP contribution is 2.41. The average molecular weight is 277 g/mol. The molecule has 1 unspecified atom stereocenters. The molecular weight excluding hydrogens is 258 g/mol. The molecule has 98 valence electrons. The molecule has 2 rings (SSSR count). The van der Waals surface area contributed by atoms with Crippen molar-refractivity contribution in [3.05, 3.63) is 0 Å². The number of hydrogen-bond acceptors (Lipinski definition) is 5. The summed E-state index contributed by atoms with van der Waals surface area (Å²) >= 11 is 1.85. The number of amidine groups is 1.